The summed E-state index contributed by atoms with van der Waals surface area (Å²) in [7, 11) is 0. The molecule has 0 aliphatic rings. The van der Waals surface area contributed by atoms with Crippen LogP contribution in [0.4, 0.5) is 0 Å². The van der Waals surface area contributed by atoms with Crippen LogP contribution in [-0.4, -0.2) is 0 Å². The van der Waals surface area contributed by atoms with Gasteiger partial charge in [-0.15, -0.1) is 0 Å². The van der Waals surface area contributed by atoms with Crippen molar-refractivity contribution in [1.82, 2.24) is 0 Å². The average Bonchev–Trinajstić information content (AvgIpc) is 1.92. The van der Waals surface area contributed by atoms with Crippen molar-refractivity contribution in [1.29, 1.82) is 0 Å². The minimum atomic E-state index is 0. The summed E-state index contributed by atoms with van der Waals surface area (Å²) in [5.41, 5.74) is 0. The smallest absolute Gasteiger partial charge is 0 e. The molecule has 13 heavy (non-hydrogen) atoms. The summed E-state index contributed by atoms with van der Waals surface area (Å²) < 4.78 is 0. The van der Waals surface area contributed by atoms with Crippen molar-refractivity contribution in [2.24, 2.45) is 0 Å². The van der Waals surface area contributed by atoms with Gasteiger partial charge in [0, 0.05) is 40.8 Å². The molecule has 0 amide bonds. The Hall–Kier alpha value is -0.209. The topological polar surface area (TPSA) is 0 Å². The van der Waals surface area contributed by atoms with Crippen molar-refractivity contribution < 1.29 is 40.8 Å². The van der Waals surface area contributed by atoms with E-state index in [9.17, 15) is 0 Å². The number of hydrogen-bond acceptors (Lipinski definition) is 0. The second-order valence-electron chi connectivity index (χ2n) is 1.15. The molecule has 0 atom stereocenters. The van der Waals surface area contributed by atoms with Gasteiger partial charge in [-0.2, -0.15) is 0 Å². The average molecular weight is 309 g/mol. The minimum absolute atomic E-state index is 0. The minimum Gasteiger partial charge on any atom is -0.245 e. The van der Waals surface area contributed by atoms with Crippen molar-refractivity contribution in [3.8, 4) is 0 Å². The van der Waals surface area contributed by atoms with E-state index in [-0.39, 0.29) is 40.8 Å². The summed E-state index contributed by atoms with van der Waals surface area (Å²) >= 11 is 0. The molecule has 76 valence electrons. The molecule has 0 aromatic heterocycles. The zero-order chi connectivity index (χ0) is 10.8. The Morgan fingerprint density at radius 2 is 0.538 bits per heavy atom. The summed E-state index contributed by atoms with van der Waals surface area (Å²) in [4.78, 5) is 0. The van der Waals surface area contributed by atoms with Crippen molar-refractivity contribution >= 4 is 0 Å². The third-order valence-corrected chi connectivity index (χ3v) is 0. The van der Waals surface area contributed by atoms with E-state index >= 15 is 0 Å². The molecule has 0 aliphatic heterocycles. The molecular formula is C12H20Nd-4. The van der Waals surface area contributed by atoms with E-state index in [2.05, 4.69) is 54.0 Å². The van der Waals surface area contributed by atoms with Gasteiger partial charge in [0.15, 0.2) is 0 Å². The van der Waals surface area contributed by atoms with Crippen LogP contribution < -0.4 is 0 Å². The van der Waals surface area contributed by atoms with Gasteiger partial charge in [-0.1, -0.05) is 0 Å². The molecule has 0 fully saturated rings. The normalized spacial score (nSPS) is 3.69. The van der Waals surface area contributed by atoms with Crippen LogP contribution in [0.3, 0.4) is 0 Å². The fourth-order valence-corrected chi connectivity index (χ4v) is 0. The molecule has 0 rings (SSSR count). The van der Waals surface area contributed by atoms with E-state index in [0.29, 0.717) is 0 Å². The molecule has 0 saturated heterocycles. The van der Waals surface area contributed by atoms with Crippen LogP contribution in [0.1, 0.15) is 0 Å². The van der Waals surface area contributed by atoms with Crippen LogP contribution >= 0.6 is 0 Å². The Kier molecular flexibility index (Phi) is 215. The van der Waals surface area contributed by atoms with Gasteiger partial charge in [0.2, 0.25) is 0 Å². The zero-order valence-corrected chi connectivity index (χ0v) is 11.7. The van der Waals surface area contributed by atoms with Crippen LogP contribution in [-0.2, 0) is 0 Å². The fourth-order valence-electron chi connectivity index (χ4n) is 0. The first-order valence-corrected chi connectivity index (χ1v) is 3.27. The summed E-state index contributed by atoms with van der Waals surface area (Å²) in [5.74, 6) is 0. The third-order valence-electron chi connectivity index (χ3n) is 0. The van der Waals surface area contributed by atoms with E-state index in [1.165, 1.54) is 24.3 Å². The van der Waals surface area contributed by atoms with Crippen LogP contribution in [0, 0.1) is 68.5 Å². The van der Waals surface area contributed by atoms with E-state index in [1.54, 1.807) is 0 Å². The van der Waals surface area contributed by atoms with Crippen molar-refractivity contribution in [2.45, 2.75) is 0 Å². The predicted octanol–water partition coefficient (Wildman–Crippen LogP) is 4.03. The standard InChI is InChI=1S/4C3H5.Nd/c4*1-3-2;/h4*3H,1-2H2;/q4*-1;. The Balaban J connectivity index is -0.0000000213. The van der Waals surface area contributed by atoms with Crippen molar-refractivity contribution in [2.75, 3.05) is 0 Å². The second-order valence-corrected chi connectivity index (χ2v) is 1.15. The van der Waals surface area contributed by atoms with Gasteiger partial charge in [0.1, 0.15) is 0 Å². The van der Waals surface area contributed by atoms with E-state index < -0.39 is 0 Å². The molecule has 0 saturated carbocycles. The quantitative estimate of drug-likeness (QED) is 0.593. The van der Waals surface area contributed by atoms with Gasteiger partial charge < -0.3 is 0 Å². The fraction of sp³-hybridized carbons (Fsp3) is 0. The molecule has 1 heteroatoms. The number of allylic oxidation sites excluding steroid dienone is 4. The van der Waals surface area contributed by atoms with Gasteiger partial charge in [0.05, 0.1) is 0 Å². The maximum atomic E-state index is 3.25. The SMILES string of the molecule is C=C[CH2-].C=C[CH2-].C=C[CH2-].C=C[CH2-].[Nd]. The van der Waals surface area contributed by atoms with Gasteiger partial charge in [-0.25, -0.2) is 78.3 Å². The summed E-state index contributed by atoms with van der Waals surface area (Å²) in [6.45, 7) is 26.0. The molecule has 0 aromatic carbocycles. The Bertz CT molecular complexity index is 59.1. The molecule has 0 radical (unpaired) electrons. The van der Waals surface area contributed by atoms with Crippen molar-refractivity contribution in [3.05, 3.63) is 78.3 Å². The molecule has 0 aliphatic carbocycles. The van der Waals surface area contributed by atoms with Crippen LogP contribution in [0.25, 0.3) is 0 Å². The van der Waals surface area contributed by atoms with Crippen LogP contribution in [0.2, 0.25) is 0 Å². The number of rotatable bonds is 0. The molecule has 0 bridgehead atoms. The number of hydrogen-bond donors (Lipinski definition) is 0. The Labute approximate surface area is 118 Å². The van der Waals surface area contributed by atoms with E-state index in [4.69, 9.17) is 0 Å². The van der Waals surface area contributed by atoms with Gasteiger partial charge in [0.25, 0.3) is 0 Å². The summed E-state index contributed by atoms with van der Waals surface area (Å²) in [6, 6.07) is 0. The van der Waals surface area contributed by atoms with E-state index in [1.807, 2.05) is 0 Å². The first kappa shape index (κ1) is 29.3. The monoisotopic (exact) mass is 306 g/mol. The molecule has 0 spiro atoms. The van der Waals surface area contributed by atoms with E-state index in [0.717, 1.165) is 0 Å². The van der Waals surface area contributed by atoms with Gasteiger partial charge in [-0.3, -0.25) is 0 Å². The van der Waals surface area contributed by atoms with Crippen molar-refractivity contribution in [3.63, 3.8) is 0 Å². The first-order chi connectivity index (χ1) is 5.66. The Morgan fingerprint density at radius 3 is 0.538 bits per heavy atom. The van der Waals surface area contributed by atoms with Crippen LogP contribution in [0.15, 0.2) is 50.6 Å². The summed E-state index contributed by atoms with van der Waals surface area (Å²) in [6.07, 6.45) is 6.00. The maximum Gasteiger partial charge on any atom is 0 e. The molecule has 0 N–H and O–H groups in total. The first-order valence-electron chi connectivity index (χ1n) is 3.27. The molecule has 0 aromatic rings. The van der Waals surface area contributed by atoms with Crippen LogP contribution in [0.5, 0.6) is 0 Å². The zero-order valence-electron chi connectivity index (χ0n) is 8.47. The van der Waals surface area contributed by atoms with Gasteiger partial charge >= 0.3 is 0 Å². The molecule has 0 heterocycles. The largest absolute Gasteiger partial charge is 0.245 e. The molecule has 0 unspecified atom stereocenters. The van der Waals surface area contributed by atoms with Gasteiger partial charge in [-0.05, 0) is 0 Å². The molecule has 0 nitrogen and oxygen atoms in total. The maximum absolute atomic E-state index is 3.25. The second kappa shape index (κ2) is 95.5. The predicted molar refractivity (Wildman–Crippen MR) is 62.2 cm³/mol. The third kappa shape index (κ3) is 25800. The summed E-state index contributed by atoms with van der Waals surface area (Å²) in [5, 5.41) is 0. The molecular weight excluding hydrogens is 288 g/mol. The Morgan fingerprint density at radius 1 is 0.538 bits per heavy atom.